The van der Waals surface area contributed by atoms with E-state index in [4.69, 9.17) is 4.74 Å². The van der Waals surface area contributed by atoms with E-state index in [-0.39, 0.29) is 5.82 Å². The summed E-state index contributed by atoms with van der Waals surface area (Å²) < 4.78 is 19.0. The summed E-state index contributed by atoms with van der Waals surface area (Å²) in [6.07, 6.45) is 1.87. The van der Waals surface area contributed by atoms with Crippen molar-refractivity contribution < 1.29 is 9.13 Å². The first-order valence-corrected chi connectivity index (χ1v) is 7.15. The van der Waals surface area contributed by atoms with Crippen molar-refractivity contribution in [1.29, 1.82) is 0 Å². The van der Waals surface area contributed by atoms with Crippen molar-refractivity contribution in [2.45, 2.75) is 18.9 Å². The highest BCUT2D eigenvalue weighted by atomic mass is 19.1. The molecule has 0 aromatic heterocycles. The monoisotopic (exact) mass is 264 g/mol. The molecule has 1 aromatic rings. The number of halogens is 1. The van der Waals surface area contributed by atoms with Crippen LogP contribution in [-0.2, 0) is 11.2 Å². The lowest BCUT2D eigenvalue weighted by Gasteiger charge is -2.27. The molecule has 1 fully saturated rings. The average molecular weight is 264 g/mol. The van der Waals surface area contributed by atoms with Gasteiger partial charge in [-0.2, -0.15) is 0 Å². The van der Waals surface area contributed by atoms with Crippen molar-refractivity contribution in [2.24, 2.45) is 0 Å². The van der Waals surface area contributed by atoms with Gasteiger partial charge in [0.25, 0.3) is 0 Å². The largest absolute Gasteiger partial charge is 0.379 e. The van der Waals surface area contributed by atoms with E-state index < -0.39 is 0 Å². The summed E-state index contributed by atoms with van der Waals surface area (Å²) in [7, 11) is 0. The molecule has 104 valence electrons. The number of rotatable bonds is 4. The molecule has 1 aliphatic heterocycles. The lowest BCUT2D eigenvalue weighted by Crippen LogP contribution is -2.40. The van der Waals surface area contributed by atoms with Crippen LogP contribution in [0.3, 0.4) is 0 Å². The van der Waals surface area contributed by atoms with Gasteiger partial charge >= 0.3 is 0 Å². The zero-order valence-electron chi connectivity index (χ0n) is 11.2. The van der Waals surface area contributed by atoms with Crippen molar-refractivity contribution in [3.05, 3.63) is 35.1 Å². The molecule has 1 atom stereocenters. The van der Waals surface area contributed by atoms with Crippen LogP contribution in [0.5, 0.6) is 0 Å². The Hall–Kier alpha value is -0.970. The Bertz CT molecular complexity index is 432. The number of hydrogen-bond donors (Lipinski definition) is 1. The number of hydrogen-bond acceptors (Lipinski definition) is 3. The highest BCUT2D eigenvalue weighted by Gasteiger charge is 2.24. The number of nitrogens with one attached hydrogen (secondary N) is 1. The van der Waals surface area contributed by atoms with E-state index >= 15 is 0 Å². The van der Waals surface area contributed by atoms with Crippen molar-refractivity contribution in [3.63, 3.8) is 0 Å². The van der Waals surface area contributed by atoms with Crippen LogP contribution in [-0.4, -0.2) is 44.3 Å². The topological polar surface area (TPSA) is 24.5 Å². The maximum absolute atomic E-state index is 13.6. The standard InChI is InChI=1S/C15H21FN2O/c16-14-3-1-2-13-12(14)4-5-15(13)17-6-7-18-8-10-19-11-9-18/h1-3,15,17H,4-11H2. The molecule has 1 unspecified atom stereocenters. The van der Waals surface area contributed by atoms with E-state index in [0.29, 0.717) is 6.04 Å². The molecular formula is C15H21FN2O. The van der Waals surface area contributed by atoms with Crippen molar-refractivity contribution >= 4 is 0 Å². The zero-order chi connectivity index (χ0) is 13.1. The Labute approximate surface area is 113 Å². The van der Waals surface area contributed by atoms with Crippen LogP contribution < -0.4 is 5.32 Å². The number of ether oxygens (including phenoxy) is 1. The summed E-state index contributed by atoms with van der Waals surface area (Å²) in [4.78, 5) is 2.41. The van der Waals surface area contributed by atoms with E-state index in [9.17, 15) is 4.39 Å². The summed E-state index contributed by atoms with van der Waals surface area (Å²) in [6.45, 7) is 5.75. The number of benzene rings is 1. The van der Waals surface area contributed by atoms with E-state index in [1.165, 1.54) is 0 Å². The van der Waals surface area contributed by atoms with Crippen LogP contribution in [0.1, 0.15) is 23.6 Å². The molecule has 0 radical (unpaired) electrons. The molecule has 4 heteroatoms. The average Bonchev–Trinajstić information content (AvgIpc) is 2.85. The van der Waals surface area contributed by atoms with Gasteiger partial charge in [-0.1, -0.05) is 12.1 Å². The van der Waals surface area contributed by atoms with E-state index in [0.717, 1.165) is 63.4 Å². The van der Waals surface area contributed by atoms with Crippen LogP contribution in [0.25, 0.3) is 0 Å². The first-order valence-electron chi connectivity index (χ1n) is 7.15. The normalized spacial score (nSPS) is 23.5. The molecule has 1 saturated heterocycles. The van der Waals surface area contributed by atoms with Gasteiger partial charge in [0.05, 0.1) is 13.2 Å². The minimum atomic E-state index is -0.0463. The first-order chi connectivity index (χ1) is 9.34. The highest BCUT2D eigenvalue weighted by Crippen LogP contribution is 2.32. The van der Waals surface area contributed by atoms with Crippen LogP contribution in [0.4, 0.5) is 4.39 Å². The van der Waals surface area contributed by atoms with Gasteiger partial charge in [-0.15, -0.1) is 0 Å². The zero-order valence-corrected chi connectivity index (χ0v) is 11.2. The van der Waals surface area contributed by atoms with Crippen LogP contribution in [0, 0.1) is 5.82 Å². The summed E-state index contributed by atoms with van der Waals surface area (Å²) in [5.74, 6) is -0.0463. The molecule has 0 bridgehead atoms. The second-order valence-electron chi connectivity index (χ2n) is 5.31. The molecule has 1 aliphatic carbocycles. The molecular weight excluding hydrogens is 243 g/mol. The second kappa shape index (κ2) is 5.99. The molecule has 0 saturated carbocycles. The fourth-order valence-electron chi connectivity index (χ4n) is 3.04. The third-order valence-electron chi connectivity index (χ3n) is 4.14. The molecule has 0 spiro atoms. The van der Waals surface area contributed by atoms with Gasteiger partial charge in [0, 0.05) is 32.2 Å². The molecule has 1 heterocycles. The molecule has 3 rings (SSSR count). The van der Waals surface area contributed by atoms with Gasteiger partial charge in [0.2, 0.25) is 0 Å². The smallest absolute Gasteiger partial charge is 0.126 e. The quantitative estimate of drug-likeness (QED) is 0.896. The lowest BCUT2D eigenvalue weighted by atomic mass is 10.1. The second-order valence-corrected chi connectivity index (χ2v) is 5.31. The minimum absolute atomic E-state index is 0.0463. The predicted molar refractivity (Wildman–Crippen MR) is 72.7 cm³/mol. The van der Waals surface area contributed by atoms with Crippen molar-refractivity contribution in [1.82, 2.24) is 10.2 Å². The van der Waals surface area contributed by atoms with Crippen molar-refractivity contribution in [3.8, 4) is 0 Å². The Morgan fingerprint density at radius 1 is 1.32 bits per heavy atom. The minimum Gasteiger partial charge on any atom is -0.379 e. The van der Waals surface area contributed by atoms with E-state index in [1.807, 2.05) is 6.07 Å². The fourth-order valence-corrected chi connectivity index (χ4v) is 3.04. The third kappa shape index (κ3) is 2.96. The third-order valence-corrected chi connectivity index (χ3v) is 4.14. The first kappa shape index (κ1) is 13.0. The van der Waals surface area contributed by atoms with Gasteiger partial charge in [-0.25, -0.2) is 4.39 Å². The Kier molecular flexibility index (Phi) is 4.11. The highest BCUT2D eigenvalue weighted by molar-refractivity contribution is 5.35. The summed E-state index contributed by atoms with van der Waals surface area (Å²) >= 11 is 0. The molecule has 19 heavy (non-hydrogen) atoms. The summed E-state index contributed by atoms with van der Waals surface area (Å²) in [5, 5.41) is 3.56. The number of morpholine rings is 1. The van der Waals surface area contributed by atoms with Crippen LogP contribution in [0.2, 0.25) is 0 Å². The summed E-state index contributed by atoms with van der Waals surface area (Å²) in [5.41, 5.74) is 2.06. The van der Waals surface area contributed by atoms with Crippen LogP contribution >= 0.6 is 0 Å². The molecule has 1 N–H and O–H groups in total. The molecule has 2 aliphatic rings. The molecule has 3 nitrogen and oxygen atoms in total. The number of nitrogens with zero attached hydrogens (tertiary/aromatic N) is 1. The van der Waals surface area contributed by atoms with Gasteiger partial charge in [0.1, 0.15) is 5.82 Å². The van der Waals surface area contributed by atoms with Crippen molar-refractivity contribution in [2.75, 3.05) is 39.4 Å². The Morgan fingerprint density at radius 2 is 2.16 bits per heavy atom. The van der Waals surface area contributed by atoms with Gasteiger partial charge in [-0.05, 0) is 30.0 Å². The predicted octanol–water partition coefficient (Wildman–Crippen LogP) is 1.73. The lowest BCUT2D eigenvalue weighted by molar-refractivity contribution is 0.0381. The maximum Gasteiger partial charge on any atom is 0.126 e. The van der Waals surface area contributed by atoms with Crippen LogP contribution in [0.15, 0.2) is 18.2 Å². The van der Waals surface area contributed by atoms with Gasteiger partial charge in [0.15, 0.2) is 0 Å². The molecule has 1 aromatic carbocycles. The Morgan fingerprint density at radius 3 is 3.00 bits per heavy atom. The van der Waals surface area contributed by atoms with Gasteiger partial charge in [-0.3, -0.25) is 4.90 Å². The molecule has 0 amide bonds. The number of fused-ring (bicyclic) bond motifs is 1. The van der Waals surface area contributed by atoms with E-state index in [2.05, 4.69) is 16.3 Å². The summed E-state index contributed by atoms with van der Waals surface area (Å²) in [6, 6.07) is 5.76. The fraction of sp³-hybridized carbons (Fsp3) is 0.600. The Balaban J connectivity index is 1.51. The maximum atomic E-state index is 13.6. The van der Waals surface area contributed by atoms with Gasteiger partial charge < -0.3 is 10.1 Å². The SMILES string of the molecule is Fc1cccc2c1CCC2NCCN1CCOCC1. The van der Waals surface area contributed by atoms with E-state index in [1.54, 1.807) is 6.07 Å².